The Morgan fingerprint density at radius 3 is 2.26 bits per heavy atom. The molecule has 0 N–H and O–H groups in total. The van der Waals surface area contributed by atoms with Gasteiger partial charge in [0.05, 0.1) is 5.69 Å². The van der Waals surface area contributed by atoms with Crippen molar-refractivity contribution in [2.75, 3.05) is 31.1 Å². The molecular weight excluding hydrogens is 336 g/mol. The lowest BCUT2D eigenvalue weighted by atomic mass is 10.1. The summed E-state index contributed by atoms with van der Waals surface area (Å²) in [5, 5.41) is 8.87. The van der Waals surface area contributed by atoms with E-state index in [0.29, 0.717) is 5.91 Å². The number of nitrogens with zero attached hydrogens (tertiary/aromatic N) is 4. The molecule has 0 atom stereocenters. The van der Waals surface area contributed by atoms with Gasteiger partial charge in [0.15, 0.2) is 5.82 Å². The summed E-state index contributed by atoms with van der Waals surface area (Å²) in [7, 11) is 0. The molecule has 27 heavy (non-hydrogen) atoms. The van der Waals surface area contributed by atoms with Crippen LogP contribution >= 0.6 is 0 Å². The van der Waals surface area contributed by atoms with Gasteiger partial charge in [-0.25, -0.2) is 0 Å². The number of amides is 1. The lowest BCUT2D eigenvalue weighted by Crippen LogP contribution is -2.50. The number of rotatable bonds is 4. The molecular formula is C22H28N4O. The molecule has 2 aliphatic rings. The van der Waals surface area contributed by atoms with Crippen LogP contribution in [0.4, 0.5) is 5.82 Å². The Bertz CT molecular complexity index is 758. The molecule has 1 aliphatic heterocycles. The molecule has 0 bridgehead atoms. The van der Waals surface area contributed by atoms with Crippen LogP contribution in [0.15, 0.2) is 36.4 Å². The van der Waals surface area contributed by atoms with E-state index >= 15 is 0 Å². The van der Waals surface area contributed by atoms with Gasteiger partial charge in [0.1, 0.15) is 0 Å². The Labute approximate surface area is 161 Å². The van der Waals surface area contributed by atoms with Gasteiger partial charge in [-0.1, -0.05) is 44.0 Å². The summed E-state index contributed by atoms with van der Waals surface area (Å²) in [5.41, 5.74) is 3.32. The summed E-state index contributed by atoms with van der Waals surface area (Å²) in [6.07, 6.45) is 5.61. The van der Waals surface area contributed by atoms with Gasteiger partial charge in [-0.05, 0) is 37.0 Å². The van der Waals surface area contributed by atoms with E-state index in [1.54, 1.807) is 0 Å². The van der Waals surface area contributed by atoms with E-state index in [0.717, 1.165) is 62.5 Å². The topological polar surface area (TPSA) is 49.3 Å². The zero-order valence-corrected chi connectivity index (χ0v) is 16.1. The quantitative estimate of drug-likeness (QED) is 0.833. The first kappa shape index (κ1) is 18.0. The van der Waals surface area contributed by atoms with Gasteiger partial charge in [-0.3, -0.25) is 4.79 Å². The second kappa shape index (κ2) is 8.07. The van der Waals surface area contributed by atoms with Crippen LogP contribution in [0, 0.1) is 5.92 Å². The summed E-state index contributed by atoms with van der Waals surface area (Å²) in [6, 6.07) is 12.6. The summed E-state index contributed by atoms with van der Waals surface area (Å²) in [4.78, 5) is 16.8. The van der Waals surface area contributed by atoms with Crippen molar-refractivity contribution in [3.63, 3.8) is 0 Å². The maximum absolute atomic E-state index is 12.6. The summed E-state index contributed by atoms with van der Waals surface area (Å²) in [5.74, 6) is 1.54. The van der Waals surface area contributed by atoms with Gasteiger partial charge in [0.25, 0.3) is 0 Å². The van der Waals surface area contributed by atoms with Gasteiger partial charge in [0.2, 0.25) is 5.91 Å². The fraction of sp³-hybridized carbons (Fsp3) is 0.500. The van der Waals surface area contributed by atoms with Crippen LogP contribution in [0.25, 0.3) is 11.3 Å². The van der Waals surface area contributed by atoms with Crippen LogP contribution < -0.4 is 4.90 Å². The Kier molecular flexibility index (Phi) is 5.37. The third-order valence-corrected chi connectivity index (χ3v) is 5.93. The highest BCUT2D eigenvalue weighted by Gasteiger charge is 2.29. The van der Waals surface area contributed by atoms with Crippen molar-refractivity contribution in [3.05, 3.63) is 42.0 Å². The first-order valence-corrected chi connectivity index (χ1v) is 10.2. The molecule has 142 valence electrons. The highest BCUT2D eigenvalue weighted by Crippen LogP contribution is 2.27. The Morgan fingerprint density at radius 2 is 1.67 bits per heavy atom. The van der Waals surface area contributed by atoms with Crippen LogP contribution in [-0.4, -0.2) is 47.2 Å². The highest BCUT2D eigenvalue weighted by atomic mass is 16.2. The smallest absolute Gasteiger partial charge is 0.225 e. The molecule has 1 aromatic carbocycles. The lowest BCUT2D eigenvalue weighted by molar-refractivity contribution is -0.135. The largest absolute Gasteiger partial charge is 0.352 e. The molecule has 2 fully saturated rings. The van der Waals surface area contributed by atoms with Crippen molar-refractivity contribution in [3.8, 4) is 11.3 Å². The number of hydrogen-bond donors (Lipinski definition) is 0. The average Bonchev–Trinajstić information content (AvgIpc) is 3.28. The third kappa shape index (κ3) is 3.97. The number of hydrogen-bond acceptors (Lipinski definition) is 4. The van der Waals surface area contributed by atoms with Crippen LogP contribution in [0.2, 0.25) is 0 Å². The van der Waals surface area contributed by atoms with Gasteiger partial charge in [-0.15, -0.1) is 10.2 Å². The minimum Gasteiger partial charge on any atom is -0.352 e. The molecule has 4 rings (SSSR count). The van der Waals surface area contributed by atoms with E-state index < -0.39 is 0 Å². The highest BCUT2D eigenvalue weighted by molar-refractivity contribution is 5.79. The zero-order valence-electron chi connectivity index (χ0n) is 16.1. The summed E-state index contributed by atoms with van der Waals surface area (Å²) in [6.45, 7) is 5.40. The summed E-state index contributed by atoms with van der Waals surface area (Å²) < 4.78 is 0. The molecule has 0 radical (unpaired) electrons. The number of carbonyl (C=O) groups is 1. The van der Waals surface area contributed by atoms with E-state index in [-0.39, 0.29) is 5.92 Å². The predicted molar refractivity (Wildman–Crippen MR) is 108 cm³/mol. The van der Waals surface area contributed by atoms with Crippen molar-refractivity contribution < 1.29 is 4.79 Å². The van der Waals surface area contributed by atoms with Crippen molar-refractivity contribution in [2.45, 2.75) is 39.0 Å². The molecule has 1 saturated carbocycles. The monoisotopic (exact) mass is 364 g/mol. The normalized spacial score (nSPS) is 18.1. The minimum absolute atomic E-state index is 0.273. The molecule has 0 unspecified atom stereocenters. The number of aryl methyl sites for hydroxylation is 1. The average molecular weight is 364 g/mol. The van der Waals surface area contributed by atoms with Gasteiger partial charge < -0.3 is 9.80 Å². The molecule has 5 heteroatoms. The number of benzene rings is 1. The zero-order chi connectivity index (χ0) is 18.6. The van der Waals surface area contributed by atoms with Crippen LogP contribution in [0.3, 0.4) is 0 Å². The van der Waals surface area contributed by atoms with Gasteiger partial charge >= 0.3 is 0 Å². The van der Waals surface area contributed by atoms with Gasteiger partial charge in [0, 0.05) is 37.7 Å². The molecule has 1 aromatic heterocycles. The summed E-state index contributed by atoms with van der Waals surface area (Å²) >= 11 is 0. The van der Waals surface area contributed by atoms with Crippen molar-refractivity contribution in [1.29, 1.82) is 0 Å². The van der Waals surface area contributed by atoms with Crippen LogP contribution in [-0.2, 0) is 11.2 Å². The van der Waals surface area contributed by atoms with E-state index in [4.69, 9.17) is 0 Å². The molecule has 0 spiro atoms. The Balaban J connectivity index is 1.36. The SMILES string of the molecule is CCc1ccc(-c2ccc(N3CCN(C(=O)C4CCCC4)CC3)nn2)cc1. The molecule has 1 aliphatic carbocycles. The molecule has 2 heterocycles. The maximum atomic E-state index is 12.6. The van der Waals surface area contributed by atoms with E-state index in [2.05, 4.69) is 46.3 Å². The molecule has 2 aromatic rings. The maximum Gasteiger partial charge on any atom is 0.225 e. The molecule has 1 amide bonds. The molecule has 1 saturated heterocycles. The van der Waals surface area contributed by atoms with Crippen molar-refractivity contribution in [2.24, 2.45) is 5.92 Å². The third-order valence-electron chi connectivity index (χ3n) is 5.93. The number of aromatic nitrogens is 2. The van der Waals surface area contributed by atoms with Crippen LogP contribution in [0.1, 0.15) is 38.2 Å². The first-order valence-electron chi connectivity index (χ1n) is 10.2. The second-order valence-electron chi connectivity index (χ2n) is 7.62. The van der Waals surface area contributed by atoms with E-state index in [1.165, 1.54) is 18.4 Å². The van der Waals surface area contributed by atoms with Crippen molar-refractivity contribution >= 4 is 11.7 Å². The standard InChI is InChI=1S/C22H28N4O/c1-2-17-7-9-18(10-8-17)20-11-12-21(24-23-20)25-13-15-26(16-14-25)22(27)19-5-3-4-6-19/h7-12,19H,2-6,13-16H2,1H3. The molecule has 5 nitrogen and oxygen atoms in total. The van der Waals surface area contributed by atoms with Crippen molar-refractivity contribution in [1.82, 2.24) is 15.1 Å². The number of piperazine rings is 1. The van der Waals surface area contributed by atoms with E-state index in [1.807, 2.05) is 17.0 Å². The number of carbonyl (C=O) groups excluding carboxylic acids is 1. The fourth-order valence-electron chi connectivity index (χ4n) is 4.15. The Morgan fingerprint density at radius 1 is 0.963 bits per heavy atom. The van der Waals surface area contributed by atoms with E-state index in [9.17, 15) is 4.79 Å². The van der Waals surface area contributed by atoms with Gasteiger partial charge in [-0.2, -0.15) is 0 Å². The second-order valence-corrected chi connectivity index (χ2v) is 7.62. The minimum atomic E-state index is 0.273. The lowest BCUT2D eigenvalue weighted by Gasteiger charge is -2.36. The fourth-order valence-corrected chi connectivity index (χ4v) is 4.15. The first-order chi connectivity index (χ1) is 13.2. The van der Waals surface area contributed by atoms with Crippen LogP contribution in [0.5, 0.6) is 0 Å². The number of anilines is 1. The predicted octanol–water partition coefficient (Wildman–Crippen LogP) is 3.54. The Hall–Kier alpha value is -2.43.